The van der Waals surface area contributed by atoms with E-state index in [1.807, 2.05) is 19.2 Å². The van der Waals surface area contributed by atoms with E-state index in [2.05, 4.69) is 41.1 Å². The minimum atomic E-state index is 0.641. The molecule has 0 atom stereocenters. The third-order valence-corrected chi connectivity index (χ3v) is 3.14. The van der Waals surface area contributed by atoms with Gasteiger partial charge in [0.1, 0.15) is 5.82 Å². The zero-order valence-corrected chi connectivity index (χ0v) is 12.1. The maximum absolute atomic E-state index is 4.36. The Balaban J connectivity index is 2.05. The van der Waals surface area contributed by atoms with E-state index in [1.54, 1.807) is 0 Å². The first-order valence-corrected chi connectivity index (χ1v) is 6.79. The molecule has 0 aliphatic carbocycles. The molecule has 1 heterocycles. The first-order valence-electron chi connectivity index (χ1n) is 6.79. The molecule has 0 amide bonds. The maximum Gasteiger partial charge on any atom is 0.125 e. The molecule has 1 rings (SSSR count). The first kappa shape index (κ1) is 15.1. The average molecular weight is 250 g/mol. The Morgan fingerprint density at radius 2 is 2.11 bits per heavy atom. The van der Waals surface area contributed by atoms with E-state index in [-0.39, 0.29) is 0 Å². The van der Waals surface area contributed by atoms with Gasteiger partial charge in [0.15, 0.2) is 0 Å². The number of hydrogen-bond donors (Lipinski definition) is 1. The minimum absolute atomic E-state index is 0.641. The van der Waals surface area contributed by atoms with Gasteiger partial charge in [0.2, 0.25) is 0 Å². The van der Waals surface area contributed by atoms with E-state index < -0.39 is 0 Å². The van der Waals surface area contributed by atoms with Gasteiger partial charge in [0, 0.05) is 18.8 Å². The van der Waals surface area contributed by atoms with Gasteiger partial charge in [0.05, 0.1) is 5.69 Å². The van der Waals surface area contributed by atoms with Crippen LogP contribution < -0.4 is 5.32 Å². The molecule has 0 spiro atoms. The molecule has 0 saturated heterocycles. The highest BCUT2D eigenvalue weighted by molar-refractivity contribution is 5.00. The van der Waals surface area contributed by atoms with Crippen LogP contribution in [0.15, 0.2) is 12.3 Å². The molecular formula is C14H26N4. The lowest BCUT2D eigenvalue weighted by Crippen LogP contribution is -2.27. The van der Waals surface area contributed by atoms with E-state index in [9.17, 15) is 0 Å². The number of aryl methyl sites for hydroxylation is 1. The minimum Gasteiger partial charge on any atom is -0.311 e. The number of hydrogen-bond acceptors (Lipinski definition) is 4. The van der Waals surface area contributed by atoms with Gasteiger partial charge in [-0.1, -0.05) is 0 Å². The van der Waals surface area contributed by atoms with Crippen molar-refractivity contribution < 1.29 is 0 Å². The molecule has 4 nitrogen and oxygen atoms in total. The van der Waals surface area contributed by atoms with Gasteiger partial charge in [-0.25, -0.2) is 9.97 Å². The van der Waals surface area contributed by atoms with Crippen LogP contribution in [-0.2, 0) is 6.54 Å². The zero-order valence-electron chi connectivity index (χ0n) is 12.1. The van der Waals surface area contributed by atoms with Crippen LogP contribution in [-0.4, -0.2) is 41.0 Å². The quantitative estimate of drug-likeness (QED) is 0.716. The molecule has 18 heavy (non-hydrogen) atoms. The zero-order chi connectivity index (χ0) is 13.4. The lowest BCUT2D eigenvalue weighted by atomic mass is 10.2. The summed E-state index contributed by atoms with van der Waals surface area (Å²) in [7, 11) is 2.18. The van der Waals surface area contributed by atoms with Crippen LogP contribution in [0.3, 0.4) is 0 Å². The smallest absolute Gasteiger partial charge is 0.125 e. The van der Waals surface area contributed by atoms with Gasteiger partial charge in [-0.15, -0.1) is 0 Å². The van der Waals surface area contributed by atoms with Crippen molar-refractivity contribution in [1.82, 2.24) is 20.2 Å². The predicted molar refractivity (Wildman–Crippen MR) is 75.5 cm³/mol. The third-order valence-electron chi connectivity index (χ3n) is 3.14. The fourth-order valence-electron chi connectivity index (χ4n) is 1.69. The normalized spacial score (nSPS) is 11.4. The van der Waals surface area contributed by atoms with E-state index >= 15 is 0 Å². The van der Waals surface area contributed by atoms with Crippen LogP contribution in [0, 0.1) is 6.92 Å². The van der Waals surface area contributed by atoms with E-state index in [1.165, 1.54) is 19.4 Å². The standard InChI is InChI=1S/C14H26N4/c1-12(2)18(4)10-6-5-8-15-11-14-7-9-16-13(3)17-14/h7,9,12,15H,5-6,8,10-11H2,1-4H3. The number of aromatic nitrogens is 2. The molecule has 0 aliphatic heterocycles. The Labute approximate surface area is 111 Å². The number of rotatable bonds is 8. The molecule has 0 aromatic carbocycles. The fraction of sp³-hybridized carbons (Fsp3) is 0.714. The summed E-state index contributed by atoms with van der Waals surface area (Å²) in [6.07, 6.45) is 4.27. The SMILES string of the molecule is Cc1nccc(CNCCCCN(C)C(C)C)n1. The van der Waals surface area contributed by atoms with Crippen molar-refractivity contribution in [1.29, 1.82) is 0 Å². The lowest BCUT2D eigenvalue weighted by molar-refractivity contribution is 0.268. The van der Waals surface area contributed by atoms with E-state index in [4.69, 9.17) is 0 Å². The Hall–Kier alpha value is -1.00. The molecular weight excluding hydrogens is 224 g/mol. The van der Waals surface area contributed by atoms with Crippen molar-refractivity contribution in [2.24, 2.45) is 0 Å². The monoisotopic (exact) mass is 250 g/mol. The van der Waals surface area contributed by atoms with Crippen molar-refractivity contribution >= 4 is 0 Å². The molecule has 4 heteroatoms. The van der Waals surface area contributed by atoms with Gasteiger partial charge in [0.25, 0.3) is 0 Å². The van der Waals surface area contributed by atoms with Crippen molar-refractivity contribution in [2.75, 3.05) is 20.1 Å². The van der Waals surface area contributed by atoms with Crippen LogP contribution >= 0.6 is 0 Å². The van der Waals surface area contributed by atoms with Gasteiger partial charge >= 0.3 is 0 Å². The highest BCUT2D eigenvalue weighted by Gasteiger charge is 2.01. The highest BCUT2D eigenvalue weighted by atomic mass is 15.1. The molecule has 0 bridgehead atoms. The molecule has 1 aromatic heterocycles. The van der Waals surface area contributed by atoms with E-state index in [0.717, 1.165) is 24.6 Å². The van der Waals surface area contributed by atoms with Crippen molar-refractivity contribution in [3.63, 3.8) is 0 Å². The molecule has 0 saturated carbocycles. The largest absolute Gasteiger partial charge is 0.311 e. The summed E-state index contributed by atoms with van der Waals surface area (Å²) in [5, 5.41) is 3.42. The molecule has 0 radical (unpaired) electrons. The fourth-order valence-corrected chi connectivity index (χ4v) is 1.69. The summed E-state index contributed by atoms with van der Waals surface area (Å²) in [5.41, 5.74) is 1.07. The second kappa shape index (κ2) is 8.16. The number of unbranched alkanes of at least 4 members (excludes halogenated alkanes) is 1. The van der Waals surface area contributed by atoms with Crippen LogP contribution in [0.1, 0.15) is 38.2 Å². The average Bonchev–Trinajstić information content (AvgIpc) is 2.33. The molecule has 1 aromatic rings. The lowest BCUT2D eigenvalue weighted by Gasteiger charge is -2.20. The van der Waals surface area contributed by atoms with Crippen LogP contribution in [0.4, 0.5) is 0 Å². The van der Waals surface area contributed by atoms with Crippen LogP contribution in [0.5, 0.6) is 0 Å². The summed E-state index contributed by atoms with van der Waals surface area (Å²) in [6, 6.07) is 2.61. The summed E-state index contributed by atoms with van der Waals surface area (Å²) in [4.78, 5) is 10.8. The predicted octanol–water partition coefficient (Wildman–Crippen LogP) is 2.00. The second-order valence-corrected chi connectivity index (χ2v) is 5.05. The molecule has 102 valence electrons. The van der Waals surface area contributed by atoms with Gasteiger partial charge in [-0.2, -0.15) is 0 Å². The van der Waals surface area contributed by atoms with Crippen molar-refractivity contribution in [2.45, 2.75) is 46.2 Å². The first-order chi connectivity index (χ1) is 8.59. The topological polar surface area (TPSA) is 41.1 Å². The van der Waals surface area contributed by atoms with E-state index in [0.29, 0.717) is 6.04 Å². The Morgan fingerprint density at radius 3 is 2.78 bits per heavy atom. The second-order valence-electron chi connectivity index (χ2n) is 5.05. The highest BCUT2D eigenvalue weighted by Crippen LogP contribution is 1.98. The van der Waals surface area contributed by atoms with Crippen molar-refractivity contribution in [3.8, 4) is 0 Å². The van der Waals surface area contributed by atoms with Crippen LogP contribution in [0.2, 0.25) is 0 Å². The van der Waals surface area contributed by atoms with Crippen LogP contribution in [0.25, 0.3) is 0 Å². The Bertz CT molecular complexity index is 338. The summed E-state index contributed by atoms with van der Waals surface area (Å²) < 4.78 is 0. The summed E-state index contributed by atoms with van der Waals surface area (Å²) in [6.45, 7) is 9.45. The summed E-state index contributed by atoms with van der Waals surface area (Å²) in [5.74, 6) is 0.841. The Kier molecular flexibility index (Phi) is 6.83. The summed E-state index contributed by atoms with van der Waals surface area (Å²) >= 11 is 0. The number of nitrogens with zero attached hydrogens (tertiary/aromatic N) is 3. The molecule has 0 fully saturated rings. The van der Waals surface area contributed by atoms with Gasteiger partial charge < -0.3 is 10.2 Å². The molecule has 1 N–H and O–H groups in total. The molecule has 0 unspecified atom stereocenters. The van der Waals surface area contributed by atoms with Gasteiger partial charge in [-0.05, 0) is 59.8 Å². The molecule has 0 aliphatic rings. The third kappa shape index (κ3) is 6.07. The maximum atomic E-state index is 4.36. The Morgan fingerprint density at radius 1 is 1.33 bits per heavy atom. The van der Waals surface area contributed by atoms with Gasteiger partial charge in [-0.3, -0.25) is 0 Å². The number of nitrogens with one attached hydrogen (secondary N) is 1. The van der Waals surface area contributed by atoms with Crippen molar-refractivity contribution in [3.05, 3.63) is 23.8 Å².